The summed E-state index contributed by atoms with van der Waals surface area (Å²) in [6.45, 7) is 2.22. The Balaban J connectivity index is 2.12. The van der Waals surface area contributed by atoms with E-state index in [0.29, 0.717) is 5.82 Å². The average Bonchev–Trinajstić information content (AvgIpc) is 1.69. The topological polar surface area (TPSA) is 12.0 Å². The van der Waals surface area contributed by atoms with E-state index in [1.165, 1.54) is 0 Å². The molecule has 0 amide bonds. The standard InChI is InChI=1S/C5H10BN/c6-5-1-3-7-4-2-5/h5,7H,1-4H2. The zero-order chi connectivity index (χ0) is 5.11. The molecule has 1 fully saturated rings. The predicted octanol–water partition coefficient (Wildman–Crippen LogP) is 0.327. The van der Waals surface area contributed by atoms with E-state index < -0.39 is 0 Å². The van der Waals surface area contributed by atoms with E-state index >= 15 is 0 Å². The summed E-state index contributed by atoms with van der Waals surface area (Å²) in [5.74, 6) is 0.473. The molecule has 7 heavy (non-hydrogen) atoms. The molecule has 2 radical (unpaired) electrons. The fourth-order valence-corrected chi connectivity index (χ4v) is 0.844. The Bertz CT molecular complexity index is 50.0. The van der Waals surface area contributed by atoms with Gasteiger partial charge in [0.1, 0.15) is 0 Å². The Morgan fingerprint density at radius 1 is 1.29 bits per heavy atom. The molecule has 2 heteroatoms. The summed E-state index contributed by atoms with van der Waals surface area (Å²) in [5.41, 5.74) is 0. The molecule has 0 atom stereocenters. The van der Waals surface area contributed by atoms with Crippen molar-refractivity contribution < 1.29 is 0 Å². The summed E-state index contributed by atoms with van der Waals surface area (Å²) in [5, 5.41) is 3.24. The predicted molar refractivity (Wildman–Crippen MR) is 31.6 cm³/mol. The van der Waals surface area contributed by atoms with Gasteiger partial charge >= 0.3 is 0 Å². The summed E-state index contributed by atoms with van der Waals surface area (Å²) < 4.78 is 0. The third-order valence-corrected chi connectivity index (χ3v) is 1.38. The lowest BCUT2D eigenvalue weighted by Gasteiger charge is -2.17. The minimum absolute atomic E-state index is 0.473. The first-order valence-corrected chi connectivity index (χ1v) is 2.86. The lowest BCUT2D eigenvalue weighted by atomic mass is 9.80. The number of nitrogens with one attached hydrogen (secondary N) is 1. The molecule has 0 spiro atoms. The normalized spacial score (nSPS) is 25.1. The van der Waals surface area contributed by atoms with Crippen LogP contribution >= 0.6 is 0 Å². The molecule has 0 bridgehead atoms. The van der Waals surface area contributed by atoms with Crippen LogP contribution in [-0.4, -0.2) is 20.9 Å². The second-order valence-electron chi connectivity index (χ2n) is 2.09. The third-order valence-electron chi connectivity index (χ3n) is 1.38. The molecular weight excluding hydrogens is 84.9 g/mol. The van der Waals surface area contributed by atoms with Gasteiger partial charge in [-0.25, -0.2) is 0 Å². The van der Waals surface area contributed by atoms with Gasteiger partial charge in [0.05, 0.1) is 7.85 Å². The molecule has 38 valence electrons. The molecule has 0 aromatic heterocycles. The SMILES string of the molecule is [B]C1CCNCC1. The summed E-state index contributed by atoms with van der Waals surface area (Å²) in [4.78, 5) is 0. The van der Waals surface area contributed by atoms with Gasteiger partial charge in [-0.2, -0.15) is 0 Å². The third kappa shape index (κ3) is 1.52. The van der Waals surface area contributed by atoms with Crippen LogP contribution in [0.3, 0.4) is 0 Å². The maximum atomic E-state index is 5.59. The summed E-state index contributed by atoms with van der Waals surface area (Å²) in [6.07, 6.45) is 2.31. The number of hydrogen-bond acceptors (Lipinski definition) is 1. The van der Waals surface area contributed by atoms with E-state index in [9.17, 15) is 0 Å². The second-order valence-corrected chi connectivity index (χ2v) is 2.09. The molecule has 0 aromatic carbocycles. The Morgan fingerprint density at radius 3 is 2.14 bits per heavy atom. The highest BCUT2D eigenvalue weighted by Gasteiger charge is 2.04. The fourth-order valence-electron chi connectivity index (χ4n) is 0.844. The zero-order valence-corrected chi connectivity index (χ0v) is 4.48. The molecule has 0 aliphatic carbocycles. The molecule has 1 aliphatic rings. The first kappa shape index (κ1) is 5.17. The minimum atomic E-state index is 0.473. The van der Waals surface area contributed by atoms with Gasteiger partial charge < -0.3 is 5.32 Å². The van der Waals surface area contributed by atoms with Crippen molar-refractivity contribution in [1.29, 1.82) is 0 Å². The van der Waals surface area contributed by atoms with E-state index in [1.807, 2.05) is 0 Å². The molecule has 1 N–H and O–H groups in total. The van der Waals surface area contributed by atoms with Crippen LogP contribution in [0.15, 0.2) is 0 Å². The van der Waals surface area contributed by atoms with Gasteiger partial charge in [0, 0.05) is 0 Å². The van der Waals surface area contributed by atoms with Crippen LogP contribution in [0.5, 0.6) is 0 Å². The average molecular weight is 95.0 g/mol. The maximum absolute atomic E-state index is 5.59. The lowest BCUT2D eigenvalue weighted by Crippen LogP contribution is -2.24. The maximum Gasteiger partial charge on any atom is 0.0700 e. The number of hydrogen-bond donors (Lipinski definition) is 1. The van der Waals surface area contributed by atoms with Gasteiger partial charge in [-0.05, 0) is 25.9 Å². The zero-order valence-electron chi connectivity index (χ0n) is 4.48. The van der Waals surface area contributed by atoms with Crippen LogP contribution in [0.2, 0.25) is 5.82 Å². The van der Waals surface area contributed by atoms with E-state index in [0.717, 1.165) is 25.9 Å². The highest BCUT2D eigenvalue weighted by atomic mass is 14.9. The van der Waals surface area contributed by atoms with Crippen molar-refractivity contribution >= 4 is 7.85 Å². The quantitative estimate of drug-likeness (QED) is 0.427. The van der Waals surface area contributed by atoms with Crippen molar-refractivity contribution in [3.63, 3.8) is 0 Å². The van der Waals surface area contributed by atoms with Crippen molar-refractivity contribution in [3.05, 3.63) is 0 Å². The molecule has 1 heterocycles. The van der Waals surface area contributed by atoms with Crippen LogP contribution in [-0.2, 0) is 0 Å². The van der Waals surface area contributed by atoms with Gasteiger partial charge in [0.15, 0.2) is 0 Å². The van der Waals surface area contributed by atoms with E-state index in [1.54, 1.807) is 0 Å². The van der Waals surface area contributed by atoms with Crippen LogP contribution in [0.1, 0.15) is 12.8 Å². The number of piperidine rings is 1. The van der Waals surface area contributed by atoms with Gasteiger partial charge in [-0.3, -0.25) is 0 Å². The first-order chi connectivity index (χ1) is 3.39. The van der Waals surface area contributed by atoms with Gasteiger partial charge in [-0.1, -0.05) is 5.82 Å². The Morgan fingerprint density at radius 2 is 1.86 bits per heavy atom. The van der Waals surface area contributed by atoms with Gasteiger partial charge in [0.2, 0.25) is 0 Å². The van der Waals surface area contributed by atoms with Crippen molar-refractivity contribution in [2.75, 3.05) is 13.1 Å². The minimum Gasteiger partial charge on any atom is -0.317 e. The van der Waals surface area contributed by atoms with Crippen molar-refractivity contribution in [2.45, 2.75) is 18.7 Å². The highest BCUT2D eigenvalue weighted by molar-refractivity contribution is 6.11. The van der Waals surface area contributed by atoms with Crippen LogP contribution in [0.4, 0.5) is 0 Å². The molecular formula is C5H10BN. The molecule has 0 saturated carbocycles. The highest BCUT2D eigenvalue weighted by Crippen LogP contribution is 2.11. The fraction of sp³-hybridized carbons (Fsp3) is 1.00. The smallest absolute Gasteiger partial charge is 0.0700 e. The van der Waals surface area contributed by atoms with Crippen LogP contribution < -0.4 is 5.32 Å². The molecule has 0 aromatic rings. The van der Waals surface area contributed by atoms with E-state index in [-0.39, 0.29) is 0 Å². The van der Waals surface area contributed by atoms with E-state index in [2.05, 4.69) is 5.32 Å². The summed E-state index contributed by atoms with van der Waals surface area (Å²) >= 11 is 0. The lowest BCUT2D eigenvalue weighted by molar-refractivity contribution is 0.520. The largest absolute Gasteiger partial charge is 0.317 e. The Labute approximate surface area is 45.9 Å². The second kappa shape index (κ2) is 2.36. The summed E-state index contributed by atoms with van der Waals surface area (Å²) in [6, 6.07) is 0. The van der Waals surface area contributed by atoms with Crippen molar-refractivity contribution in [2.24, 2.45) is 0 Å². The molecule has 0 unspecified atom stereocenters. The molecule has 1 saturated heterocycles. The van der Waals surface area contributed by atoms with Gasteiger partial charge in [0.25, 0.3) is 0 Å². The van der Waals surface area contributed by atoms with Gasteiger partial charge in [-0.15, -0.1) is 0 Å². The van der Waals surface area contributed by atoms with Crippen LogP contribution in [0, 0.1) is 0 Å². The summed E-state index contributed by atoms with van der Waals surface area (Å²) in [7, 11) is 5.59. The molecule has 1 aliphatic heterocycles. The monoisotopic (exact) mass is 95.1 g/mol. The first-order valence-electron chi connectivity index (χ1n) is 2.86. The molecule has 1 rings (SSSR count). The van der Waals surface area contributed by atoms with Crippen molar-refractivity contribution in [3.8, 4) is 0 Å². The van der Waals surface area contributed by atoms with Crippen LogP contribution in [0.25, 0.3) is 0 Å². The number of rotatable bonds is 0. The van der Waals surface area contributed by atoms with Crippen molar-refractivity contribution in [1.82, 2.24) is 5.32 Å². The molecule has 1 nitrogen and oxygen atoms in total. The Hall–Kier alpha value is 0.0249. The Kier molecular flexibility index (Phi) is 1.74. The van der Waals surface area contributed by atoms with E-state index in [4.69, 9.17) is 7.85 Å².